The number of benzene rings is 2. The van der Waals surface area contributed by atoms with E-state index in [0.717, 1.165) is 30.0 Å². The Morgan fingerprint density at radius 3 is 2.73 bits per heavy atom. The van der Waals surface area contributed by atoms with Crippen molar-refractivity contribution >= 4 is 11.6 Å². The maximum absolute atomic E-state index is 12.7. The number of methoxy groups -OCH3 is 2. The molecule has 0 aliphatic carbocycles. The van der Waals surface area contributed by atoms with Crippen molar-refractivity contribution in [2.45, 2.75) is 12.8 Å². The van der Waals surface area contributed by atoms with Gasteiger partial charge in [0.1, 0.15) is 11.5 Å². The molecule has 0 saturated carbocycles. The minimum Gasteiger partial charge on any atom is -0.497 e. The van der Waals surface area contributed by atoms with Gasteiger partial charge in [-0.15, -0.1) is 0 Å². The molecule has 0 atom stereocenters. The van der Waals surface area contributed by atoms with E-state index in [4.69, 9.17) is 9.47 Å². The Bertz CT molecular complexity index is 696. The lowest BCUT2D eigenvalue weighted by Crippen LogP contribution is -2.30. The average molecular weight is 297 g/mol. The second-order valence-corrected chi connectivity index (χ2v) is 5.28. The van der Waals surface area contributed by atoms with Crippen LogP contribution in [0.25, 0.3) is 0 Å². The Morgan fingerprint density at radius 1 is 1.14 bits per heavy atom. The molecule has 0 radical (unpaired) electrons. The Labute approximate surface area is 130 Å². The number of nitrogens with zero attached hydrogens (tertiary/aromatic N) is 1. The van der Waals surface area contributed by atoms with Crippen LogP contribution in [-0.2, 0) is 17.6 Å². The van der Waals surface area contributed by atoms with Gasteiger partial charge in [0.2, 0.25) is 5.91 Å². The Kier molecular flexibility index (Phi) is 4.00. The first kappa shape index (κ1) is 14.4. The third-order valence-electron chi connectivity index (χ3n) is 4.02. The lowest BCUT2D eigenvalue weighted by atomic mass is 10.1. The fourth-order valence-corrected chi connectivity index (χ4v) is 2.88. The zero-order chi connectivity index (χ0) is 15.5. The predicted molar refractivity (Wildman–Crippen MR) is 85.7 cm³/mol. The van der Waals surface area contributed by atoms with Crippen molar-refractivity contribution in [2.75, 3.05) is 25.7 Å². The lowest BCUT2D eigenvalue weighted by Gasteiger charge is -2.18. The maximum Gasteiger partial charge on any atom is 0.231 e. The highest BCUT2D eigenvalue weighted by atomic mass is 16.5. The SMILES string of the molecule is COc1ccc(OC)c(CC(=O)N2CCc3ccccc32)c1. The summed E-state index contributed by atoms with van der Waals surface area (Å²) in [5, 5.41) is 0. The van der Waals surface area contributed by atoms with Crippen molar-refractivity contribution in [3.8, 4) is 11.5 Å². The summed E-state index contributed by atoms with van der Waals surface area (Å²) in [5.74, 6) is 1.52. The molecule has 2 aromatic carbocycles. The van der Waals surface area contributed by atoms with E-state index in [1.54, 1.807) is 14.2 Å². The highest BCUT2D eigenvalue weighted by molar-refractivity contribution is 5.97. The largest absolute Gasteiger partial charge is 0.497 e. The second kappa shape index (κ2) is 6.10. The average Bonchev–Trinajstić information content (AvgIpc) is 2.99. The molecule has 1 aliphatic rings. The molecule has 1 heterocycles. The first-order chi connectivity index (χ1) is 10.7. The van der Waals surface area contributed by atoms with Gasteiger partial charge in [-0.1, -0.05) is 18.2 Å². The Hall–Kier alpha value is -2.49. The molecule has 0 saturated heterocycles. The van der Waals surface area contributed by atoms with Crippen LogP contribution in [-0.4, -0.2) is 26.7 Å². The van der Waals surface area contributed by atoms with Crippen LogP contribution in [0.4, 0.5) is 5.69 Å². The van der Waals surface area contributed by atoms with Gasteiger partial charge in [0, 0.05) is 17.8 Å². The van der Waals surface area contributed by atoms with E-state index in [1.807, 2.05) is 41.3 Å². The van der Waals surface area contributed by atoms with E-state index < -0.39 is 0 Å². The monoisotopic (exact) mass is 297 g/mol. The normalized spacial score (nSPS) is 12.9. The van der Waals surface area contributed by atoms with Crippen LogP contribution in [0.5, 0.6) is 11.5 Å². The predicted octanol–water partition coefficient (Wildman–Crippen LogP) is 2.84. The number of hydrogen-bond donors (Lipinski definition) is 0. The van der Waals surface area contributed by atoms with Crippen molar-refractivity contribution in [1.82, 2.24) is 0 Å². The van der Waals surface area contributed by atoms with Crippen LogP contribution in [0.15, 0.2) is 42.5 Å². The highest BCUT2D eigenvalue weighted by Gasteiger charge is 2.24. The smallest absolute Gasteiger partial charge is 0.231 e. The molecule has 3 rings (SSSR count). The summed E-state index contributed by atoms with van der Waals surface area (Å²) in [6, 6.07) is 13.6. The van der Waals surface area contributed by atoms with Crippen LogP contribution in [0.3, 0.4) is 0 Å². The van der Waals surface area contributed by atoms with E-state index in [2.05, 4.69) is 6.07 Å². The van der Waals surface area contributed by atoms with Gasteiger partial charge >= 0.3 is 0 Å². The molecular formula is C18H19NO3. The van der Waals surface area contributed by atoms with Crippen LogP contribution >= 0.6 is 0 Å². The first-order valence-electron chi connectivity index (χ1n) is 7.32. The summed E-state index contributed by atoms with van der Waals surface area (Å²) < 4.78 is 10.6. The van der Waals surface area contributed by atoms with Gasteiger partial charge in [0.05, 0.1) is 20.6 Å². The van der Waals surface area contributed by atoms with E-state index in [9.17, 15) is 4.79 Å². The summed E-state index contributed by atoms with van der Waals surface area (Å²) in [6.07, 6.45) is 1.21. The van der Waals surface area contributed by atoms with E-state index in [1.165, 1.54) is 5.56 Å². The van der Waals surface area contributed by atoms with Gasteiger partial charge in [-0.2, -0.15) is 0 Å². The Balaban J connectivity index is 1.83. The number of amides is 1. The van der Waals surface area contributed by atoms with Gasteiger partial charge in [-0.3, -0.25) is 4.79 Å². The van der Waals surface area contributed by atoms with Gasteiger partial charge in [0.15, 0.2) is 0 Å². The van der Waals surface area contributed by atoms with Gasteiger partial charge in [-0.25, -0.2) is 0 Å². The number of ether oxygens (including phenoxy) is 2. The number of para-hydroxylation sites is 1. The minimum absolute atomic E-state index is 0.0801. The zero-order valence-corrected chi connectivity index (χ0v) is 12.8. The molecule has 0 spiro atoms. The number of anilines is 1. The summed E-state index contributed by atoms with van der Waals surface area (Å²) in [6.45, 7) is 0.741. The molecule has 4 nitrogen and oxygen atoms in total. The zero-order valence-electron chi connectivity index (χ0n) is 12.8. The minimum atomic E-state index is 0.0801. The number of fused-ring (bicyclic) bond motifs is 1. The number of rotatable bonds is 4. The van der Waals surface area contributed by atoms with Gasteiger partial charge in [0.25, 0.3) is 0 Å². The third-order valence-corrected chi connectivity index (χ3v) is 4.02. The number of carbonyl (C=O) groups is 1. The third kappa shape index (κ3) is 2.64. The summed E-state index contributed by atoms with van der Waals surface area (Å²) in [7, 11) is 3.23. The van der Waals surface area contributed by atoms with E-state index in [-0.39, 0.29) is 5.91 Å². The van der Waals surface area contributed by atoms with Crippen LogP contribution in [0, 0.1) is 0 Å². The van der Waals surface area contributed by atoms with Crippen molar-refractivity contribution < 1.29 is 14.3 Å². The molecule has 2 aromatic rings. The summed E-state index contributed by atoms with van der Waals surface area (Å²) >= 11 is 0. The fourth-order valence-electron chi connectivity index (χ4n) is 2.88. The number of carbonyl (C=O) groups excluding carboxylic acids is 1. The van der Waals surface area contributed by atoms with Gasteiger partial charge in [-0.05, 0) is 36.2 Å². The topological polar surface area (TPSA) is 38.8 Å². The molecular weight excluding hydrogens is 278 g/mol. The molecule has 22 heavy (non-hydrogen) atoms. The lowest BCUT2D eigenvalue weighted by molar-refractivity contribution is -0.117. The van der Waals surface area contributed by atoms with Crippen molar-refractivity contribution in [3.63, 3.8) is 0 Å². The maximum atomic E-state index is 12.7. The van der Waals surface area contributed by atoms with Crippen LogP contribution in [0.2, 0.25) is 0 Å². The highest BCUT2D eigenvalue weighted by Crippen LogP contribution is 2.30. The summed E-state index contributed by atoms with van der Waals surface area (Å²) in [5.41, 5.74) is 3.10. The molecule has 0 N–H and O–H groups in total. The van der Waals surface area contributed by atoms with E-state index in [0.29, 0.717) is 12.2 Å². The first-order valence-corrected chi connectivity index (χ1v) is 7.32. The molecule has 0 aromatic heterocycles. The van der Waals surface area contributed by atoms with Crippen molar-refractivity contribution in [3.05, 3.63) is 53.6 Å². The van der Waals surface area contributed by atoms with Crippen molar-refractivity contribution in [2.24, 2.45) is 0 Å². The molecule has 114 valence electrons. The Morgan fingerprint density at radius 2 is 1.95 bits per heavy atom. The fraction of sp³-hybridized carbons (Fsp3) is 0.278. The number of hydrogen-bond acceptors (Lipinski definition) is 3. The second-order valence-electron chi connectivity index (χ2n) is 5.28. The molecule has 0 unspecified atom stereocenters. The standard InChI is InChI=1S/C18H19NO3/c1-21-15-7-8-17(22-2)14(11-15)12-18(20)19-10-9-13-5-3-4-6-16(13)19/h3-8,11H,9-10,12H2,1-2H3. The molecule has 0 fully saturated rings. The molecule has 1 aliphatic heterocycles. The van der Waals surface area contributed by atoms with E-state index >= 15 is 0 Å². The molecule has 1 amide bonds. The van der Waals surface area contributed by atoms with Crippen molar-refractivity contribution in [1.29, 1.82) is 0 Å². The molecule has 4 heteroatoms. The quantitative estimate of drug-likeness (QED) is 0.871. The molecule has 0 bridgehead atoms. The summed E-state index contributed by atoms with van der Waals surface area (Å²) in [4.78, 5) is 14.5. The van der Waals surface area contributed by atoms with Gasteiger partial charge < -0.3 is 14.4 Å². The van der Waals surface area contributed by atoms with Crippen LogP contribution < -0.4 is 14.4 Å². The van der Waals surface area contributed by atoms with Crippen LogP contribution in [0.1, 0.15) is 11.1 Å².